The van der Waals surface area contributed by atoms with Gasteiger partial charge in [0.1, 0.15) is 5.75 Å². The molecule has 0 atom stereocenters. The lowest BCUT2D eigenvalue weighted by Crippen LogP contribution is -1.96. The van der Waals surface area contributed by atoms with Crippen LogP contribution in [0.2, 0.25) is 0 Å². The van der Waals surface area contributed by atoms with E-state index in [1.54, 1.807) is 7.11 Å². The van der Waals surface area contributed by atoms with Gasteiger partial charge in [-0.1, -0.05) is 48.0 Å². The number of aryl methyl sites for hydroxylation is 1. The maximum Gasteiger partial charge on any atom is 0.128 e. The minimum absolute atomic E-state index is 0. The number of fused-ring (bicyclic) bond motifs is 1. The third-order valence-corrected chi connectivity index (χ3v) is 4.43. The quantitative estimate of drug-likeness (QED) is 0.448. The molecule has 0 unspecified atom stereocenters. The van der Waals surface area contributed by atoms with E-state index in [1.165, 1.54) is 5.56 Å². The van der Waals surface area contributed by atoms with Gasteiger partial charge >= 0.3 is 0 Å². The van der Waals surface area contributed by atoms with Crippen LogP contribution in [0.15, 0.2) is 78.9 Å². The standard InChI is InChI=1S/C23H20N2O.ClH/c1-16-11-13-17(14-12-16)24-21-15-22(19-8-4-6-10-23(19)26-2)25-20-9-5-3-7-18(20)21;/h3-15H,1-2H3,(H,24,25);1H. The first-order valence-electron chi connectivity index (χ1n) is 8.61. The SMILES string of the molecule is COc1ccccc1-c1cc(Nc2ccc(C)cc2)c2ccccc2n1.Cl. The molecule has 0 radical (unpaired) electrons. The van der Waals surface area contributed by atoms with Gasteiger partial charge in [0.2, 0.25) is 0 Å². The first kappa shape index (κ1) is 18.7. The van der Waals surface area contributed by atoms with Crippen molar-refractivity contribution in [1.82, 2.24) is 4.98 Å². The molecule has 27 heavy (non-hydrogen) atoms. The van der Waals surface area contributed by atoms with Crippen molar-refractivity contribution in [3.05, 3.63) is 84.4 Å². The molecule has 4 rings (SSSR count). The summed E-state index contributed by atoms with van der Waals surface area (Å²) in [6.45, 7) is 2.09. The van der Waals surface area contributed by atoms with Crippen LogP contribution in [0.25, 0.3) is 22.2 Å². The Morgan fingerprint density at radius 3 is 2.33 bits per heavy atom. The maximum absolute atomic E-state index is 5.52. The second-order valence-electron chi connectivity index (χ2n) is 6.26. The van der Waals surface area contributed by atoms with Crippen molar-refractivity contribution < 1.29 is 4.74 Å². The molecule has 0 spiro atoms. The molecule has 136 valence electrons. The van der Waals surface area contributed by atoms with Crippen molar-refractivity contribution in [2.24, 2.45) is 0 Å². The molecule has 0 aliphatic rings. The van der Waals surface area contributed by atoms with E-state index < -0.39 is 0 Å². The molecule has 0 aliphatic heterocycles. The van der Waals surface area contributed by atoms with Gasteiger partial charge in [-0.2, -0.15) is 0 Å². The van der Waals surface area contributed by atoms with Crippen LogP contribution >= 0.6 is 12.4 Å². The highest BCUT2D eigenvalue weighted by Gasteiger charge is 2.11. The van der Waals surface area contributed by atoms with Gasteiger partial charge in [-0.05, 0) is 43.3 Å². The number of rotatable bonds is 4. The van der Waals surface area contributed by atoms with E-state index in [1.807, 2.05) is 42.5 Å². The molecule has 4 aromatic rings. The van der Waals surface area contributed by atoms with E-state index in [-0.39, 0.29) is 12.4 Å². The average Bonchev–Trinajstić information content (AvgIpc) is 2.69. The topological polar surface area (TPSA) is 34.1 Å². The van der Waals surface area contributed by atoms with E-state index in [0.29, 0.717) is 0 Å². The lowest BCUT2D eigenvalue weighted by molar-refractivity contribution is 0.416. The molecule has 3 aromatic carbocycles. The van der Waals surface area contributed by atoms with Gasteiger partial charge in [0.25, 0.3) is 0 Å². The predicted molar refractivity (Wildman–Crippen MR) is 115 cm³/mol. The van der Waals surface area contributed by atoms with Crippen molar-refractivity contribution in [3.8, 4) is 17.0 Å². The highest BCUT2D eigenvalue weighted by molar-refractivity contribution is 5.95. The van der Waals surface area contributed by atoms with Gasteiger partial charge in [-0.15, -0.1) is 12.4 Å². The fourth-order valence-corrected chi connectivity index (χ4v) is 3.07. The zero-order valence-corrected chi connectivity index (χ0v) is 16.1. The van der Waals surface area contributed by atoms with Gasteiger partial charge in [0.15, 0.2) is 0 Å². The molecule has 3 nitrogen and oxygen atoms in total. The van der Waals surface area contributed by atoms with E-state index in [0.717, 1.165) is 39.3 Å². The van der Waals surface area contributed by atoms with Crippen molar-refractivity contribution in [1.29, 1.82) is 0 Å². The molecular formula is C23H21ClN2O. The molecule has 0 aliphatic carbocycles. The van der Waals surface area contributed by atoms with Gasteiger partial charge in [0.05, 0.1) is 24.0 Å². The average molecular weight is 377 g/mol. The summed E-state index contributed by atoms with van der Waals surface area (Å²) >= 11 is 0. The van der Waals surface area contributed by atoms with Gasteiger partial charge in [-0.25, -0.2) is 4.98 Å². The number of nitrogens with zero attached hydrogens (tertiary/aromatic N) is 1. The van der Waals surface area contributed by atoms with E-state index >= 15 is 0 Å². The highest BCUT2D eigenvalue weighted by Crippen LogP contribution is 2.34. The Kier molecular flexibility index (Phi) is 5.63. The smallest absolute Gasteiger partial charge is 0.128 e. The van der Waals surface area contributed by atoms with Crippen LogP contribution in [0.1, 0.15) is 5.56 Å². The number of nitrogens with one attached hydrogen (secondary N) is 1. The van der Waals surface area contributed by atoms with Crippen LogP contribution in [-0.2, 0) is 0 Å². The zero-order valence-electron chi connectivity index (χ0n) is 15.3. The summed E-state index contributed by atoms with van der Waals surface area (Å²) in [5, 5.41) is 4.63. The number of hydrogen-bond acceptors (Lipinski definition) is 3. The summed E-state index contributed by atoms with van der Waals surface area (Å²) in [4.78, 5) is 4.85. The minimum atomic E-state index is 0. The third kappa shape index (κ3) is 3.88. The molecule has 0 saturated carbocycles. The Balaban J connectivity index is 0.00000210. The number of anilines is 2. The van der Waals surface area contributed by atoms with Gasteiger partial charge < -0.3 is 10.1 Å². The first-order chi connectivity index (χ1) is 12.7. The van der Waals surface area contributed by atoms with E-state index in [4.69, 9.17) is 9.72 Å². The highest BCUT2D eigenvalue weighted by atomic mass is 35.5. The Morgan fingerprint density at radius 2 is 1.56 bits per heavy atom. The number of para-hydroxylation sites is 2. The molecule has 1 heterocycles. The fraction of sp³-hybridized carbons (Fsp3) is 0.0870. The number of benzene rings is 3. The Bertz CT molecular complexity index is 1060. The summed E-state index contributed by atoms with van der Waals surface area (Å²) in [5.74, 6) is 0.816. The second-order valence-corrected chi connectivity index (χ2v) is 6.26. The molecule has 0 amide bonds. The Morgan fingerprint density at radius 1 is 0.852 bits per heavy atom. The molecular weight excluding hydrogens is 356 g/mol. The summed E-state index contributed by atoms with van der Waals surface area (Å²) in [5.41, 5.74) is 6.14. The predicted octanol–water partition coefficient (Wildman–Crippen LogP) is 6.38. The lowest BCUT2D eigenvalue weighted by atomic mass is 10.1. The maximum atomic E-state index is 5.52. The van der Waals surface area contributed by atoms with Crippen LogP contribution in [0, 0.1) is 6.92 Å². The normalized spacial score (nSPS) is 10.3. The van der Waals surface area contributed by atoms with Crippen LogP contribution in [-0.4, -0.2) is 12.1 Å². The number of halogens is 1. The Labute approximate surface area is 165 Å². The molecule has 1 aromatic heterocycles. The number of ether oxygens (including phenoxy) is 1. The van der Waals surface area contributed by atoms with Gasteiger partial charge in [0, 0.05) is 16.6 Å². The largest absolute Gasteiger partial charge is 0.496 e. The number of pyridine rings is 1. The molecule has 0 bridgehead atoms. The zero-order chi connectivity index (χ0) is 17.9. The van der Waals surface area contributed by atoms with Crippen molar-refractivity contribution in [2.75, 3.05) is 12.4 Å². The van der Waals surface area contributed by atoms with E-state index in [9.17, 15) is 0 Å². The molecule has 1 N–H and O–H groups in total. The van der Waals surface area contributed by atoms with Crippen molar-refractivity contribution >= 4 is 34.7 Å². The van der Waals surface area contributed by atoms with Crippen LogP contribution < -0.4 is 10.1 Å². The van der Waals surface area contributed by atoms with Gasteiger partial charge in [-0.3, -0.25) is 0 Å². The second kappa shape index (κ2) is 8.11. The summed E-state index contributed by atoms with van der Waals surface area (Å²) < 4.78 is 5.52. The first-order valence-corrected chi connectivity index (χ1v) is 8.61. The third-order valence-electron chi connectivity index (χ3n) is 4.43. The number of aromatic nitrogens is 1. The van der Waals surface area contributed by atoms with Crippen LogP contribution in [0.5, 0.6) is 5.75 Å². The van der Waals surface area contributed by atoms with Crippen molar-refractivity contribution in [2.45, 2.75) is 6.92 Å². The lowest BCUT2D eigenvalue weighted by Gasteiger charge is -2.14. The summed E-state index contributed by atoms with van der Waals surface area (Å²) in [6.07, 6.45) is 0. The Hall–Kier alpha value is -3.04. The van der Waals surface area contributed by atoms with E-state index in [2.05, 4.69) is 48.6 Å². The molecule has 0 saturated heterocycles. The summed E-state index contributed by atoms with van der Waals surface area (Å²) in [7, 11) is 1.69. The van der Waals surface area contributed by atoms with Crippen LogP contribution in [0.4, 0.5) is 11.4 Å². The summed E-state index contributed by atoms with van der Waals surface area (Å²) in [6, 6.07) is 26.6. The van der Waals surface area contributed by atoms with Crippen LogP contribution in [0.3, 0.4) is 0 Å². The number of methoxy groups -OCH3 is 1. The molecule has 4 heteroatoms. The minimum Gasteiger partial charge on any atom is -0.496 e. The number of hydrogen-bond donors (Lipinski definition) is 1. The monoisotopic (exact) mass is 376 g/mol. The van der Waals surface area contributed by atoms with Crippen molar-refractivity contribution in [3.63, 3.8) is 0 Å². The fourth-order valence-electron chi connectivity index (χ4n) is 3.07. The molecule has 0 fully saturated rings.